The zero-order valence-electron chi connectivity index (χ0n) is 22.7. The number of aromatic nitrogens is 2. The number of nitrogens with zero attached hydrogens (tertiary/aromatic N) is 2. The molecule has 1 fully saturated rings. The maximum absolute atomic E-state index is 13.1. The van der Waals surface area contributed by atoms with Crippen molar-refractivity contribution in [3.8, 4) is 0 Å². The Balaban J connectivity index is 1.51. The zero-order chi connectivity index (χ0) is 27.4. The smallest absolute Gasteiger partial charge is 0.351 e. The van der Waals surface area contributed by atoms with Crippen molar-refractivity contribution in [3.05, 3.63) is 70.3 Å². The van der Waals surface area contributed by atoms with Crippen molar-refractivity contribution in [2.45, 2.75) is 71.7 Å². The van der Waals surface area contributed by atoms with Crippen LogP contribution in [0.5, 0.6) is 0 Å². The van der Waals surface area contributed by atoms with Crippen molar-refractivity contribution < 1.29 is 19.0 Å². The minimum Gasteiger partial charge on any atom is -0.383 e. The van der Waals surface area contributed by atoms with Gasteiger partial charge in [-0.15, -0.1) is 0 Å². The SMILES string of the molecule is CC(C)OC[C@H]1O[C@@H](n2cc(C(=O)NCCc3cccc4ccccc34)c(N)nc2=O)[C@@H](C)C1OC(C)C. The third kappa shape index (κ3) is 6.23. The van der Waals surface area contributed by atoms with E-state index < -0.39 is 17.8 Å². The van der Waals surface area contributed by atoms with Crippen LogP contribution in [0, 0.1) is 5.92 Å². The van der Waals surface area contributed by atoms with Gasteiger partial charge in [0.1, 0.15) is 18.1 Å². The topological polar surface area (TPSA) is 118 Å². The first-order chi connectivity index (χ1) is 18.2. The number of ether oxygens (including phenoxy) is 3. The first-order valence-electron chi connectivity index (χ1n) is 13.2. The number of anilines is 1. The number of hydrogen-bond donors (Lipinski definition) is 2. The van der Waals surface area contributed by atoms with Gasteiger partial charge >= 0.3 is 5.69 Å². The van der Waals surface area contributed by atoms with Crippen molar-refractivity contribution in [1.29, 1.82) is 0 Å². The summed E-state index contributed by atoms with van der Waals surface area (Å²) < 4.78 is 19.5. The number of carbonyl (C=O) groups is 1. The Morgan fingerprint density at radius 3 is 2.61 bits per heavy atom. The molecule has 3 N–H and O–H groups in total. The van der Waals surface area contributed by atoms with Gasteiger partial charge in [0.15, 0.2) is 0 Å². The second-order valence-corrected chi connectivity index (χ2v) is 10.3. The molecule has 0 bridgehead atoms. The van der Waals surface area contributed by atoms with Gasteiger partial charge in [0.05, 0.1) is 30.5 Å². The average Bonchev–Trinajstić information content (AvgIpc) is 3.17. The van der Waals surface area contributed by atoms with Crippen LogP contribution in [0.3, 0.4) is 0 Å². The van der Waals surface area contributed by atoms with Crippen molar-refractivity contribution in [1.82, 2.24) is 14.9 Å². The molecule has 1 saturated heterocycles. The molecule has 9 nitrogen and oxygen atoms in total. The van der Waals surface area contributed by atoms with E-state index in [0.29, 0.717) is 19.6 Å². The molecule has 3 aromatic rings. The maximum atomic E-state index is 13.1. The molecule has 204 valence electrons. The van der Waals surface area contributed by atoms with E-state index in [-0.39, 0.29) is 41.7 Å². The number of nitrogen functional groups attached to an aromatic ring is 1. The molecule has 1 aliphatic rings. The normalized spacial score (nSPS) is 21.4. The van der Waals surface area contributed by atoms with E-state index in [2.05, 4.69) is 34.6 Å². The molecule has 1 aromatic heterocycles. The summed E-state index contributed by atoms with van der Waals surface area (Å²) in [4.78, 5) is 29.9. The molecule has 0 saturated carbocycles. The third-order valence-electron chi connectivity index (χ3n) is 6.73. The minimum absolute atomic E-state index is 0.0257. The maximum Gasteiger partial charge on any atom is 0.351 e. The fourth-order valence-corrected chi connectivity index (χ4v) is 4.90. The second kappa shape index (κ2) is 12.1. The van der Waals surface area contributed by atoms with Crippen LogP contribution in [0.4, 0.5) is 5.82 Å². The second-order valence-electron chi connectivity index (χ2n) is 10.3. The van der Waals surface area contributed by atoms with E-state index in [9.17, 15) is 9.59 Å². The molecular formula is C29H38N4O5. The molecule has 0 radical (unpaired) electrons. The highest BCUT2D eigenvalue weighted by atomic mass is 16.6. The highest BCUT2D eigenvalue weighted by Crippen LogP contribution is 2.37. The molecule has 2 aromatic carbocycles. The number of carbonyl (C=O) groups excluding carboxylic acids is 1. The number of amides is 1. The Labute approximate surface area is 223 Å². The van der Waals surface area contributed by atoms with Gasteiger partial charge in [-0.3, -0.25) is 9.36 Å². The summed E-state index contributed by atoms with van der Waals surface area (Å²) in [6, 6.07) is 14.3. The number of benzene rings is 2. The van der Waals surface area contributed by atoms with Gasteiger partial charge < -0.3 is 25.3 Å². The van der Waals surface area contributed by atoms with Crippen molar-refractivity contribution in [2.75, 3.05) is 18.9 Å². The number of rotatable bonds is 10. The van der Waals surface area contributed by atoms with Crippen LogP contribution in [-0.2, 0) is 20.6 Å². The number of nitrogens with one attached hydrogen (secondary N) is 1. The minimum atomic E-state index is -0.678. The van der Waals surface area contributed by atoms with E-state index in [1.807, 2.05) is 52.8 Å². The lowest BCUT2D eigenvalue weighted by atomic mass is 10.0. The van der Waals surface area contributed by atoms with Gasteiger partial charge in [-0.1, -0.05) is 49.4 Å². The molecule has 2 heterocycles. The molecule has 0 aliphatic carbocycles. The van der Waals surface area contributed by atoms with E-state index >= 15 is 0 Å². The summed E-state index contributed by atoms with van der Waals surface area (Å²) in [7, 11) is 0. The molecule has 1 unspecified atom stereocenters. The van der Waals surface area contributed by atoms with E-state index in [4.69, 9.17) is 19.9 Å². The standard InChI is InChI=1S/C29H38N4O5/c1-17(2)36-16-24-25(37-18(3)4)19(5)28(38-24)33-15-23(26(30)32-29(33)35)27(34)31-14-13-21-11-8-10-20-9-6-7-12-22(20)21/h6-12,15,17-19,24-25,28H,13-14,16H2,1-5H3,(H,31,34)(H2,30,32,35)/t19-,24+,25?,28+/m0/s1. The molecule has 1 aliphatic heterocycles. The molecule has 9 heteroatoms. The van der Waals surface area contributed by atoms with Gasteiger partial charge in [0, 0.05) is 18.7 Å². The van der Waals surface area contributed by atoms with E-state index in [0.717, 1.165) is 16.3 Å². The Morgan fingerprint density at radius 1 is 1.13 bits per heavy atom. The first-order valence-corrected chi connectivity index (χ1v) is 13.2. The zero-order valence-corrected chi connectivity index (χ0v) is 22.7. The van der Waals surface area contributed by atoms with Gasteiger partial charge in [0.25, 0.3) is 5.91 Å². The summed E-state index contributed by atoms with van der Waals surface area (Å²) in [6.45, 7) is 10.5. The monoisotopic (exact) mass is 522 g/mol. The van der Waals surface area contributed by atoms with Gasteiger partial charge in [-0.25, -0.2) is 4.79 Å². The fourth-order valence-electron chi connectivity index (χ4n) is 4.90. The summed E-state index contributed by atoms with van der Waals surface area (Å²) >= 11 is 0. The molecular weight excluding hydrogens is 484 g/mol. The van der Waals surface area contributed by atoms with Gasteiger partial charge in [-0.2, -0.15) is 4.98 Å². The van der Waals surface area contributed by atoms with Crippen LogP contribution < -0.4 is 16.7 Å². The molecule has 38 heavy (non-hydrogen) atoms. The predicted molar refractivity (Wildman–Crippen MR) is 147 cm³/mol. The van der Waals surface area contributed by atoms with E-state index in [1.54, 1.807) is 0 Å². The third-order valence-corrected chi connectivity index (χ3v) is 6.73. The van der Waals surface area contributed by atoms with Crippen molar-refractivity contribution in [3.63, 3.8) is 0 Å². The molecule has 1 amide bonds. The lowest BCUT2D eigenvalue weighted by Crippen LogP contribution is -2.36. The molecule has 4 rings (SSSR count). The van der Waals surface area contributed by atoms with Gasteiger partial charge in [-0.05, 0) is 50.5 Å². The van der Waals surface area contributed by atoms with Crippen LogP contribution in [0.2, 0.25) is 0 Å². The lowest BCUT2D eigenvalue weighted by Gasteiger charge is -2.24. The van der Waals surface area contributed by atoms with Crippen LogP contribution in [0.25, 0.3) is 10.8 Å². The molecule has 4 atom stereocenters. The summed E-state index contributed by atoms with van der Waals surface area (Å²) in [5.41, 5.74) is 6.69. The Bertz CT molecular complexity index is 1320. The highest BCUT2D eigenvalue weighted by Gasteiger charge is 2.45. The predicted octanol–water partition coefficient (Wildman–Crippen LogP) is 3.70. The number of hydrogen-bond acceptors (Lipinski definition) is 7. The molecule has 0 spiro atoms. The average molecular weight is 523 g/mol. The summed E-state index contributed by atoms with van der Waals surface area (Å²) in [6.07, 6.45) is 0.741. The largest absolute Gasteiger partial charge is 0.383 e. The Morgan fingerprint density at radius 2 is 1.87 bits per heavy atom. The first kappa shape index (κ1) is 27.8. The van der Waals surface area contributed by atoms with E-state index in [1.165, 1.54) is 10.8 Å². The van der Waals surface area contributed by atoms with Gasteiger partial charge in [0.2, 0.25) is 0 Å². The lowest BCUT2D eigenvalue weighted by molar-refractivity contribution is -0.0966. The Kier molecular flexibility index (Phi) is 8.81. The summed E-state index contributed by atoms with van der Waals surface area (Å²) in [5.74, 6) is -0.706. The van der Waals surface area contributed by atoms with Crippen LogP contribution >= 0.6 is 0 Å². The van der Waals surface area contributed by atoms with Crippen molar-refractivity contribution >= 4 is 22.5 Å². The van der Waals surface area contributed by atoms with Crippen LogP contribution in [-0.4, -0.2) is 53.0 Å². The number of fused-ring (bicyclic) bond motifs is 1. The van der Waals surface area contributed by atoms with Crippen LogP contribution in [0.15, 0.2) is 53.5 Å². The highest BCUT2D eigenvalue weighted by molar-refractivity contribution is 5.98. The van der Waals surface area contributed by atoms with Crippen molar-refractivity contribution in [2.24, 2.45) is 5.92 Å². The number of nitrogens with two attached hydrogens (primary N) is 1. The Hall–Kier alpha value is -3.27. The fraction of sp³-hybridized carbons (Fsp3) is 0.483. The quantitative estimate of drug-likeness (QED) is 0.417. The van der Waals surface area contributed by atoms with Crippen LogP contribution in [0.1, 0.15) is 56.8 Å². The summed E-state index contributed by atoms with van der Waals surface area (Å²) in [5, 5.41) is 5.22.